The maximum atomic E-state index is 9.20. The second kappa shape index (κ2) is 0.858. The lowest BCUT2D eigenvalue weighted by atomic mass is 9.82. The smallest absolute Gasteiger partial charge is 0.0801 e. The third-order valence-electron chi connectivity index (χ3n) is 1.97. The van der Waals surface area contributed by atoms with Gasteiger partial charge in [-0.1, -0.05) is 0 Å². The fourth-order valence-electron chi connectivity index (χ4n) is 1.48. The Morgan fingerprint density at radius 3 is 2.43 bits per heavy atom. The molecule has 0 aromatic carbocycles. The zero-order chi connectivity index (χ0) is 4.91. The number of hydrogen-bond acceptors (Lipinski definition) is 2. The maximum Gasteiger partial charge on any atom is 0.0801 e. The quantitative estimate of drug-likeness (QED) is 0.428. The van der Waals surface area contributed by atoms with Crippen molar-refractivity contribution in [3.8, 4) is 0 Å². The molecular formula is C5H9NO. The topological polar surface area (TPSA) is 32.3 Å². The molecule has 0 atom stereocenters. The predicted octanol–water partition coefficient (Wildman–Crippen LogP) is -0.517. The van der Waals surface area contributed by atoms with Crippen LogP contribution in [0.15, 0.2) is 0 Å². The van der Waals surface area contributed by atoms with Crippen molar-refractivity contribution in [2.75, 3.05) is 6.54 Å². The summed E-state index contributed by atoms with van der Waals surface area (Å²) in [5, 5.41) is 12.4. The Morgan fingerprint density at radius 1 is 1.57 bits per heavy atom. The standard InChI is InChI=1S/C5H9NO/c7-5-1-4(2-5)6-3-5/h4,6-7H,1-3H2. The van der Waals surface area contributed by atoms with Gasteiger partial charge in [-0.3, -0.25) is 0 Å². The molecule has 2 aliphatic heterocycles. The van der Waals surface area contributed by atoms with Gasteiger partial charge in [0.15, 0.2) is 0 Å². The van der Waals surface area contributed by atoms with E-state index >= 15 is 0 Å². The molecule has 2 N–H and O–H groups in total. The molecule has 2 heteroatoms. The van der Waals surface area contributed by atoms with Crippen LogP contribution in [0.1, 0.15) is 12.8 Å². The molecule has 2 nitrogen and oxygen atoms in total. The molecule has 0 unspecified atom stereocenters. The lowest BCUT2D eigenvalue weighted by Gasteiger charge is -2.30. The monoisotopic (exact) mass is 99.1 g/mol. The van der Waals surface area contributed by atoms with Crippen molar-refractivity contribution < 1.29 is 5.11 Å². The Kier molecular flexibility index (Phi) is 0.474. The highest BCUT2D eigenvalue weighted by Gasteiger charge is 2.48. The van der Waals surface area contributed by atoms with E-state index in [2.05, 4.69) is 5.32 Å². The zero-order valence-electron chi connectivity index (χ0n) is 4.15. The van der Waals surface area contributed by atoms with E-state index in [-0.39, 0.29) is 5.60 Å². The summed E-state index contributed by atoms with van der Waals surface area (Å²) in [6, 6.07) is 0.657. The molecule has 40 valence electrons. The molecule has 2 saturated heterocycles. The Morgan fingerprint density at radius 2 is 2.29 bits per heavy atom. The van der Waals surface area contributed by atoms with Gasteiger partial charge in [-0.05, 0) is 12.8 Å². The first-order valence-corrected chi connectivity index (χ1v) is 2.74. The summed E-state index contributed by atoms with van der Waals surface area (Å²) in [4.78, 5) is 0. The molecule has 1 saturated carbocycles. The molecule has 0 amide bonds. The molecule has 0 aromatic heterocycles. The first-order chi connectivity index (χ1) is 3.29. The molecular weight excluding hydrogens is 90.1 g/mol. The van der Waals surface area contributed by atoms with Crippen LogP contribution >= 0.6 is 0 Å². The molecule has 1 aliphatic carbocycles. The highest BCUT2D eigenvalue weighted by Crippen LogP contribution is 2.37. The minimum atomic E-state index is -0.273. The van der Waals surface area contributed by atoms with Gasteiger partial charge in [0, 0.05) is 12.6 Å². The summed E-state index contributed by atoms with van der Waals surface area (Å²) in [6.45, 7) is 0.831. The lowest BCUT2D eigenvalue weighted by molar-refractivity contribution is 0.00784. The first kappa shape index (κ1) is 3.87. The molecule has 7 heavy (non-hydrogen) atoms. The van der Waals surface area contributed by atoms with Crippen LogP contribution in [0.25, 0.3) is 0 Å². The molecule has 3 rings (SSSR count). The number of fused-ring (bicyclic) bond motifs is 1. The lowest BCUT2D eigenvalue weighted by Crippen LogP contribution is -2.39. The fraction of sp³-hybridized carbons (Fsp3) is 1.00. The van der Waals surface area contributed by atoms with E-state index in [0.29, 0.717) is 6.04 Å². The minimum Gasteiger partial charge on any atom is -0.388 e. The van der Waals surface area contributed by atoms with Gasteiger partial charge in [0.1, 0.15) is 0 Å². The van der Waals surface area contributed by atoms with E-state index in [1.807, 2.05) is 0 Å². The van der Waals surface area contributed by atoms with Crippen LogP contribution in [0.2, 0.25) is 0 Å². The second-order valence-corrected chi connectivity index (χ2v) is 2.71. The summed E-state index contributed by atoms with van der Waals surface area (Å²) in [7, 11) is 0. The Labute approximate surface area is 42.5 Å². The number of nitrogens with one attached hydrogen (secondary N) is 1. The molecule has 2 bridgehead atoms. The average molecular weight is 99.1 g/mol. The van der Waals surface area contributed by atoms with E-state index in [9.17, 15) is 5.11 Å². The van der Waals surface area contributed by atoms with Gasteiger partial charge in [-0.2, -0.15) is 0 Å². The zero-order valence-corrected chi connectivity index (χ0v) is 4.15. The molecule has 0 radical (unpaired) electrons. The van der Waals surface area contributed by atoms with Crippen molar-refractivity contribution in [1.29, 1.82) is 0 Å². The van der Waals surface area contributed by atoms with Crippen molar-refractivity contribution in [3.63, 3.8) is 0 Å². The van der Waals surface area contributed by atoms with Crippen LogP contribution in [0.3, 0.4) is 0 Å². The van der Waals surface area contributed by atoms with Crippen LogP contribution in [-0.4, -0.2) is 23.3 Å². The summed E-state index contributed by atoms with van der Waals surface area (Å²) < 4.78 is 0. The van der Waals surface area contributed by atoms with Crippen LogP contribution in [0.5, 0.6) is 0 Å². The Hall–Kier alpha value is -0.0800. The maximum absolute atomic E-state index is 9.20. The predicted molar refractivity (Wildman–Crippen MR) is 26.0 cm³/mol. The second-order valence-electron chi connectivity index (χ2n) is 2.71. The van der Waals surface area contributed by atoms with Crippen LogP contribution < -0.4 is 5.32 Å². The number of rotatable bonds is 0. The Bertz CT molecular complexity index is 90.7. The van der Waals surface area contributed by atoms with Gasteiger partial charge in [0.2, 0.25) is 0 Å². The van der Waals surface area contributed by atoms with E-state index in [1.54, 1.807) is 0 Å². The molecule has 3 aliphatic rings. The van der Waals surface area contributed by atoms with Gasteiger partial charge in [0.25, 0.3) is 0 Å². The summed E-state index contributed by atoms with van der Waals surface area (Å²) >= 11 is 0. The third-order valence-corrected chi connectivity index (χ3v) is 1.97. The van der Waals surface area contributed by atoms with Gasteiger partial charge in [-0.25, -0.2) is 0 Å². The fourth-order valence-corrected chi connectivity index (χ4v) is 1.48. The molecule has 0 spiro atoms. The average Bonchev–Trinajstić information content (AvgIpc) is 1.88. The summed E-state index contributed by atoms with van der Waals surface area (Å²) in [5.41, 5.74) is -0.273. The van der Waals surface area contributed by atoms with E-state index in [1.165, 1.54) is 0 Å². The van der Waals surface area contributed by atoms with Crippen molar-refractivity contribution in [2.24, 2.45) is 0 Å². The van der Waals surface area contributed by atoms with Crippen molar-refractivity contribution in [1.82, 2.24) is 5.32 Å². The van der Waals surface area contributed by atoms with Gasteiger partial charge >= 0.3 is 0 Å². The van der Waals surface area contributed by atoms with E-state index in [0.717, 1.165) is 19.4 Å². The van der Waals surface area contributed by atoms with Gasteiger partial charge in [0.05, 0.1) is 5.60 Å². The third kappa shape index (κ3) is 0.359. The van der Waals surface area contributed by atoms with Gasteiger partial charge in [-0.15, -0.1) is 0 Å². The highest BCUT2D eigenvalue weighted by molar-refractivity contribution is 5.06. The largest absolute Gasteiger partial charge is 0.388 e. The molecule has 2 heterocycles. The SMILES string of the molecule is OC12CNC(C1)C2. The molecule has 3 fully saturated rings. The van der Waals surface area contributed by atoms with Gasteiger partial charge < -0.3 is 10.4 Å². The van der Waals surface area contributed by atoms with Crippen LogP contribution in [0, 0.1) is 0 Å². The normalized spacial score (nSPS) is 57.0. The van der Waals surface area contributed by atoms with Crippen molar-refractivity contribution in [2.45, 2.75) is 24.5 Å². The summed E-state index contributed by atoms with van der Waals surface area (Å²) in [6.07, 6.45) is 1.99. The first-order valence-electron chi connectivity index (χ1n) is 2.74. The Balaban J connectivity index is 2.20. The van der Waals surface area contributed by atoms with Crippen molar-refractivity contribution >= 4 is 0 Å². The van der Waals surface area contributed by atoms with Crippen LogP contribution in [0.4, 0.5) is 0 Å². The number of aliphatic hydroxyl groups is 1. The summed E-state index contributed by atoms with van der Waals surface area (Å²) in [5.74, 6) is 0. The van der Waals surface area contributed by atoms with E-state index < -0.39 is 0 Å². The van der Waals surface area contributed by atoms with E-state index in [4.69, 9.17) is 0 Å². The molecule has 0 aromatic rings. The number of hydrogen-bond donors (Lipinski definition) is 2. The van der Waals surface area contributed by atoms with Crippen molar-refractivity contribution in [3.05, 3.63) is 0 Å². The highest BCUT2D eigenvalue weighted by atomic mass is 16.3. The van der Waals surface area contributed by atoms with Crippen LogP contribution in [-0.2, 0) is 0 Å². The minimum absolute atomic E-state index is 0.273.